The number of Topliss-reactive ketones (excluding diaryl/α,β-unsaturated/α-hetero) is 1. The number of hydrogen-bond acceptors (Lipinski definition) is 3. The molecule has 0 spiro atoms. The van der Waals surface area contributed by atoms with Crippen LogP contribution in [0, 0.1) is 0 Å². The van der Waals surface area contributed by atoms with E-state index in [0.29, 0.717) is 5.56 Å². The second-order valence-corrected chi connectivity index (χ2v) is 5.66. The van der Waals surface area contributed by atoms with E-state index in [1.807, 2.05) is 37.9 Å². The highest BCUT2D eigenvalue weighted by atomic mass is 79.9. The van der Waals surface area contributed by atoms with Gasteiger partial charge < -0.3 is 10.0 Å². The van der Waals surface area contributed by atoms with E-state index in [9.17, 15) is 9.90 Å². The van der Waals surface area contributed by atoms with Crippen LogP contribution in [0.15, 0.2) is 22.7 Å². The number of likely N-dealkylation sites (N-methyl/N-ethyl adjacent to an activating group) is 1. The van der Waals surface area contributed by atoms with Gasteiger partial charge in [-0.05, 0) is 39.0 Å². The molecular formula is C13H18BrNO2. The lowest BCUT2D eigenvalue weighted by Crippen LogP contribution is -2.45. The molecule has 0 aliphatic carbocycles. The summed E-state index contributed by atoms with van der Waals surface area (Å²) >= 11 is 3.40. The molecule has 17 heavy (non-hydrogen) atoms. The molecule has 0 amide bonds. The van der Waals surface area contributed by atoms with Gasteiger partial charge in [-0.1, -0.05) is 15.9 Å². The topological polar surface area (TPSA) is 40.5 Å². The molecular weight excluding hydrogens is 282 g/mol. The summed E-state index contributed by atoms with van der Waals surface area (Å²) < 4.78 is 0.915. The number of anilines is 1. The zero-order valence-corrected chi connectivity index (χ0v) is 12.2. The summed E-state index contributed by atoms with van der Waals surface area (Å²) in [6, 6.07) is 5.54. The number of rotatable bonds is 4. The van der Waals surface area contributed by atoms with Crippen molar-refractivity contribution in [1.29, 1.82) is 0 Å². The van der Waals surface area contributed by atoms with Crippen LogP contribution in [0.5, 0.6) is 0 Å². The Labute approximate surface area is 111 Å². The van der Waals surface area contributed by atoms with Crippen molar-refractivity contribution in [3.63, 3.8) is 0 Å². The zero-order chi connectivity index (χ0) is 13.2. The number of hydrogen-bond donors (Lipinski definition) is 1. The third-order valence-electron chi connectivity index (χ3n) is 3.00. The van der Waals surface area contributed by atoms with Crippen LogP contribution in [0.1, 0.15) is 31.1 Å². The minimum Gasteiger partial charge on any atom is -0.394 e. The standard InChI is InChI=1S/C13H18BrNO2/c1-9(17)11-6-5-10(14)7-12(11)15(4)13(2,3)8-16/h5-7,16H,8H2,1-4H3. The summed E-state index contributed by atoms with van der Waals surface area (Å²) in [5, 5.41) is 9.39. The highest BCUT2D eigenvalue weighted by Crippen LogP contribution is 2.29. The summed E-state index contributed by atoms with van der Waals surface area (Å²) in [6.45, 7) is 5.43. The maximum atomic E-state index is 11.6. The van der Waals surface area contributed by atoms with Gasteiger partial charge >= 0.3 is 0 Å². The van der Waals surface area contributed by atoms with Crippen LogP contribution in [-0.4, -0.2) is 30.1 Å². The Morgan fingerprint density at radius 1 is 1.47 bits per heavy atom. The van der Waals surface area contributed by atoms with E-state index < -0.39 is 5.54 Å². The molecule has 0 radical (unpaired) electrons. The Morgan fingerprint density at radius 3 is 2.53 bits per heavy atom. The fraction of sp³-hybridized carbons (Fsp3) is 0.462. The molecule has 4 heteroatoms. The number of aliphatic hydroxyl groups excluding tert-OH is 1. The normalized spacial score (nSPS) is 11.4. The first-order chi connectivity index (χ1) is 7.79. The molecule has 0 aromatic heterocycles. The molecule has 3 nitrogen and oxygen atoms in total. The molecule has 0 saturated heterocycles. The van der Waals surface area contributed by atoms with E-state index in [2.05, 4.69) is 15.9 Å². The van der Waals surface area contributed by atoms with E-state index in [0.717, 1.165) is 10.2 Å². The molecule has 0 heterocycles. The van der Waals surface area contributed by atoms with Gasteiger partial charge in [-0.2, -0.15) is 0 Å². The van der Waals surface area contributed by atoms with Crippen molar-refractivity contribution in [1.82, 2.24) is 0 Å². The molecule has 1 aromatic carbocycles. The second kappa shape index (κ2) is 5.19. The van der Waals surface area contributed by atoms with Gasteiger partial charge in [0.2, 0.25) is 0 Å². The largest absolute Gasteiger partial charge is 0.394 e. The lowest BCUT2D eigenvalue weighted by atomic mass is 10.0. The zero-order valence-electron chi connectivity index (χ0n) is 10.6. The molecule has 0 bridgehead atoms. The van der Waals surface area contributed by atoms with Crippen molar-refractivity contribution in [2.24, 2.45) is 0 Å². The first-order valence-corrected chi connectivity index (χ1v) is 6.24. The third-order valence-corrected chi connectivity index (χ3v) is 3.49. The molecule has 0 unspecified atom stereocenters. The van der Waals surface area contributed by atoms with Crippen LogP contribution in [-0.2, 0) is 0 Å². The maximum Gasteiger partial charge on any atom is 0.161 e. The van der Waals surface area contributed by atoms with Gasteiger partial charge in [-0.3, -0.25) is 4.79 Å². The number of aliphatic hydroxyl groups is 1. The van der Waals surface area contributed by atoms with Crippen LogP contribution in [0.3, 0.4) is 0 Å². The van der Waals surface area contributed by atoms with Crippen molar-refractivity contribution in [2.45, 2.75) is 26.3 Å². The van der Waals surface area contributed by atoms with Gasteiger partial charge in [0.1, 0.15) is 0 Å². The van der Waals surface area contributed by atoms with E-state index in [-0.39, 0.29) is 12.4 Å². The van der Waals surface area contributed by atoms with Gasteiger partial charge in [-0.15, -0.1) is 0 Å². The number of benzene rings is 1. The van der Waals surface area contributed by atoms with Gasteiger partial charge in [0.25, 0.3) is 0 Å². The van der Waals surface area contributed by atoms with Gasteiger partial charge in [0, 0.05) is 22.8 Å². The Balaban J connectivity index is 3.29. The summed E-state index contributed by atoms with van der Waals surface area (Å²) in [4.78, 5) is 13.5. The van der Waals surface area contributed by atoms with Crippen molar-refractivity contribution in [2.75, 3.05) is 18.6 Å². The predicted octanol–water partition coefficient (Wildman–Crippen LogP) is 2.86. The quantitative estimate of drug-likeness (QED) is 0.869. The van der Waals surface area contributed by atoms with Crippen LogP contribution >= 0.6 is 15.9 Å². The summed E-state index contributed by atoms with van der Waals surface area (Å²) in [5.74, 6) is 0.0214. The summed E-state index contributed by atoms with van der Waals surface area (Å²) in [7, 11) is 1.88. The van der Waals surface area contributed by atoms with E-state index in [1.54, 1.807) is 13.0 Å². The average molecular weight is 300 g/mol. The maximum absolute atomic E-state index is 11.6. The second-order valence-electron chi connectivity index (χ2n) is 4.75. The van der Waals surface area contributed by atoms with Crippen LogP contribution < -0.4 is 4.90 Å². The van der Waals surface area contributed by atoms with Crippen LogP contribution in [0.2, 0.25) is 0 Å². The van der Waals surface area contributed by atoms with Gasteiger partial charge in [-0.25, -0.2) is 0 Å². The Morgan fingerprint density at radius 2 is 2.06 bits per heavy atom. The van der Waals surface area contributed by atoms with Crippen molar-refractivity contribution in [3.05, 3.63) is 28.2 Å². The van der Waals surface area contributed by atoms with Crippen molar-refractivity contribution in [3.8, 4) is 0 Å². The summed E-state index contributed by atoms with van der Waals surface area (Å²) in [6.07, 6.45) is 0. The number of carbonyl (C=O) groups is 1. The predicted molar refractivity (Wildman–Crippen MR) is 73.7 cm³/mol. The molecule has 0 atom stereocenters. The average Bonchev–Trinajstić information content (AvgIpc) is 2.27. The molecule has 94 valence electrons. The third kappa shape index (κ3) is 3.07. The fourth-order valence-electron chi connectivity index (χ4n) is 1.51. The van der Waals surface area contributed by atoms with Gasteiger partial charge in [0.05, 0.1) is 12.1 Å². The van der Waals surface area contributed by atoms with E-state index in [1.165, 1.54) is 0 Å². The number of carbonyl (C=O) groups excluding carboxylic acids is 1. The highest BCUT2D eigenvalue weighted by Gasteiger charge is 2.25. The first-order valence-electron chi connectivity index (χ1n) is 5.45. The lowest BCUT2D eigenvalue weighted by Gasteiger charge is -2.37. The minimum absolute atomic E-state index is 0.0212. The monoisotopic (exact) mass is 299 g/mol. The van der Waals surface area contributed by atoms with Crippen molar-refractivity contribution >= 4 is 27.4 Å². The molecule has 0 aliphatic heterocycles. The molecule has 0 fully saturated rings. The van der Waals surface area contributed by atoms with E-state index in [4.69, 9.17) is 0 Å². The Kier molecular flexibility index (Phi) is 4.33. The van der Waals surface area contributed by atoms with E-state index >= 15 is 0 Å². The lowest BCUT2D eigenvalue weighted by molar-refractivity contribution is 0.101. The number of halogens is 1. The molecule has 1 N–H and O–H groups in total. The smallest absolute Gasteiger partial charge is 0.161 e. The fourth-order valence-corrected chi connectivity index (χ4v) is 1.86. The molecule has 1 aromatic rings. The van der Waals surface area contributed by atoms with Gasteiger partial charge in [0.15, 0.2) is 5.78 Å². The summed E-state index contributed by atoms with van der Waals surface area (Å²) in [5.41, 5.74) is 1.08. The number of nitrogens with zero attached hydrogens (tertiary/aromatic N) is 1. The molecule has 0 saturated carbocycles. The SMILES string of the molecule is CC(=O)c1ccc(Br)cc1N(C)C(C)(C)CO. The van der Waals surface area contributed by atoms with Crippen molar-refractivity contribution < 1.29 is 9.90 Å². The highest BCUT2D eigenvalue weighted by molar-refractivity contribution is 9.10. The first kappa shape index (κ1) is 14.2. The Bertz CT molecular complexity index is 429. The van der Waals surface area contributed by atoms with Crippen LogP contribution in [0.4, 0.5) is 5.69 Å². The number of ketones is 1. The molecule has 1 rings (SSSR count). The minimum atomic E-state index is -0.412. The molecule has 0 aliphatic rings. The van der Waals surface area contributed by atoms with Crippen LogP contribution in [0.25, 0.3) is 0 Å². The Hall–Kier alpha value is -0.870.